The van der Waals surface area contributed by atoms with Gasteiger partial charge < -0.3 is 14.7 Å². The van der Waals surface area contributed by atoms with E-state index in [1.54, 1.807) is 6.07 Å². The van der Waals surface area contributed by atoms with E-state index in [0.29, 0.717) is 17.9 Å². The van der Waals surface area contributed by atoms with Gasteiger partial charge in [-0.2, -0.15) is 0 Å². The topological polar surface area (TPSA) is 58.4 Å². The van der Waals surface area contributed by atoms with Gasteiger partial charge in [-0.15, -0.1) is 11.3 Å². The van der Waals surface area contributed by atoms with Crippen LogP contribution in [0.1, 0.15) is 52.6 Å². The van der Waals surface area contributed by atoms with Crippen molar-refractivity contribution >= 4 is 33.9 Å². The lowest BCUT2D eigenvalue weighted by atomic mass is 9.91. The summed E-state index contributed by atoms with van der Waals surface area (Å²) in [5, 5.41) is 8.33. The van der Waals surface area contributed by atoms with Gasteiger partial charge in [0.1, 0.15) is 5.82 Å². The number of nitrogens with zero attached hydrogens (tertiary/aromatic N) is 2. The van der Waals surface area contributed by atoms with Crippen molar-refractivity contribution in [3.63, 3.8) is 0 Å². The van der Waals surface area contributed by atoms with Gasteiger partial charge in [-0.25, -0.2) is 4.39 Å². The number of aromatic nitrogens is 1. The number of aryl methyl sites for hydroxylation is 2. The standard InChI is InChI=1S/C23H26FN3O2S/c1-14-17(23-20(30-14)3-2-4-21(28)25-23)9-12-27-10-7-15(8-11-27)22-18-6-5-16(24)13-19(18)29-26-22/h5-6,13,15H,2-4,7-12H2,1H3,(H,25,28). The maximum atomic E-state index is 13.4. The predicted molar refractivity (Wildman–Crippen MR) is 117 cm³/mol. The van der Waals surface area contributed by atoms with Gasteiger partial charge in [0.2, 0.25) is 5.91 Å². The summed E-state index contributed by atoms with van der Waals surface area (Å²) in [5.74, 6) is 0.206. The molecule has 158 valence electrons. The summed E-state index contributed by atoms with van der Waals surface area (Å²) in [4.78, 5) is 17.2. The number of likely N-dealkylation sites (tertiary alicyclic amines) is 1. The molecule has 0 spiro atoms. The zero-order chi connectivity index (χ0) is 20.7. The van der Waals surface area contributed by atoms with Crippen molar-refractivity contribution in [1.29, 1.82) is 0 Å². The fraction of sp³-hybridized carbons (Fsp3) is 0.478. The van der Waals surface area contributed by atoms with Crippen molar-refractivity contribution in [2.45, 2.75) is 51.4 Å². The highest BCUT2D eigenvalue weighted by Crippen LogP contribution is 2.37. The lowest BCUT2D eigenvalue weighted by molar-refractivity contribution is -0.116. The SMILES string of the molecule is Cc1sc2c(c1CCN1CCC(c3noc4cc(F)ccc34)CC1)NC(=O)CCC2. The van der Waals surface area contributed by atoms with Crippen LogP contribution in [0.3, 0.4) is 0 Å². The Morgan fingerprint density at radius 2 is 2.13 bits per heavy atom. The second-order valence-corrected chi connectivity index (χ2v) is 9.72. The molecule has 2 aliphatic rings. The van der Waals surface area contributed by atoms with Crippen LogP contribution in [0, 0.1) is 12.7 Å². The van der Waals surface area contributed by atoms with Crippen LogP contribution in [0.25, 0.3) is 11.0 Å². The Balaban J connectivity index is 1.22. The van der Waals surface area contributed by atoms with E-state index in [-0.39, 0.29) is 11.7 Å². The monoisotopic (exact) mass is 427 g/mol. The van der Waals surface area contributed by atoms with Crippen molar-refractivity contribution in [3.05, 3.63) is 45.0 Å². The smallest absolute Gasteiger partial charge is 0.224 e. The highest BCUT2D eigenvalue weighted by atomic mass is 32.1. The van der Waals surface area contributed by atoms with E-state index in [1.165, 1.54) is 27.5 Å². The van der Waals surface area contributed by atoms with Gasteiger partial charge in [-0.05, 0) is 69.8 Å². The first-order valence-corrected chi connectivity index (χ1v) is 11.6. The first kappa shape index (κ1) is 19.7. The molecular formula is C23H26FN3O2S. The number of piperidine rings is 1. The first-order valence-electron chi connectivity index (χ1n) is 10.8. The van der Waals surface area contributed by atoms with Crippen LogP contribution in [-0.2, 0) is 17.6 Å². The van der Waals surface area contributed by atoms with Crippen LogP contribution in [0.15, 0.2) is 22.7 Å². The molecule has 0 saturated carbocycles. The van der Waals surface area contributed by atoms with Gasteiger partial charge in [-0.1, -0.05) is 5.16 Å². The number of thiophene rings is 1. The summed E-state index contributed by atoms with van der Waals surface area (Å²) in [5.41, 5.74) is 3.91. The molecular weight excluding hydrogens is 401 g/mol. The number of hydrogen-bond donors (Lipinski definition) is 1. The van der Waals surface area contributed by atoms with Gasteiger partial charge in [0.05, 0.1) is 11.4 Å². The van der Waals surface area contributed by atoms with Crippen molar-refractivity contribution < 1.29 is 13.7 Å². The third-order valence-corrected chi connectivity index (χ3v) is 7.68. The summed E-state index contributed by atoms with van der Waals surface area (Å²) in [7, 11) is 0. The van der Waals surface area contributed by atoms with Crippen LogP contribution >= 0.6 is 11.3 Å². The minimum absolute atomic E-state index is 0.147. The molecule has 0 radical (unpaired) electrons. The Kier molecular flexibility index (Phi) is 5.33. The number of hydrogen-bond acceptors (Lipinski definition) is 5. The minimum atomic E-state index is -0.294. The molecule has 0 bridgehead atoms. The van der Waals surface area contributed by atoms with Crippen molar-refractivity contribution in [2.24, 2.45) is 0 Å². The number of fused-ring (bicyclic) bond motifs is 2. The number of benzene rings is 1. The lowest BCUT2D eigenvalue weighted by Gasteiger charge is -2.31. The van der Waals surface area contributed by atoms with E-state index < -0.39 is 0 Å². The van der Waals surface area contributed by atoms with Gasteiger partial charge in [0, 0.05) is 40.1 Å². The van der Waals surface area contributed by atoms with Crippen LogP contribution in [0.4, 0.5) is 10.1 Å². The summed E-state index contributed by atoms with van der Waals surface area (Å²) in [6, 6.07) is 4.66. The Labute approximate surface area is 179 Å². The molecule has 7 heteroatoms. The molecule has 2 aliphatic heterocycles. The van der Waals surface area contributed by atoms with E-state index in [2.05, 4.69) is 22.3 Å². The molecule has 1 aromatic carbocycles. The van der Waals surface area contributed by atoms with Crippen molar-refractivity contribution in [1.82, 2.24) is 10.1 Å². The summed E-state index contributed by atoms with van der Waals surface area (Å²) < 4.78 is 18.8. The number of carbonyl (C=O) groups excluding carboxylic acids is 1. The minimum Gasteiger partial charge on any atom is -0.356 e. The fourth-order valence-corrected chi connectivity index (χ4v) is 6.02. The molecule has 1 saturated heterocycles. The summed E-state index contributed by atoms with van der Waals surface area (Å²) >= 11 is 1.84. The molecule has 0 unspecified atom stereocenters. The number of carbonyl (C=O) groups is 1. The molecule has 3 aromatic rings. The maximum absolute atomic E-state index is 13.4. The Morgan fingerprint density at radius 3 is 2.97 bits per heavy atom. The molecule has 4 heterocycles. The van der Waals surface area contributed by atoms with E-state index in [9.17, 15) is 9.18 Å². The highest BCUT2D eigenvalue weighted by Gasteiger charge is 2.26. The Bertz CT molecular complexity index is 1080. The van der Waals surface area contributed by atoms with E-state index >= 15 is 0 Å². The third kappa shape index (κ3) is 3.76. The van der Waals surface area contributed by atoms with E-state index in [1.807, 2.05) is 11.3 Å². The van der Waals surface area contributed by atoms with Crippen LogP contribution < -0.4 is 5.32 Å². The highest BCUT2D eigenvalue weighted by molar-refractivity contribution is 7.12. The molecule has 0 atom stereocenters. The van der Waals surface area contributed by atoms with Gasteiger partial charge in [0.25, 0.3) is 0 Å². The predicted octanol–water partition coefficient (Wildman–Crippen LogP) is 5.03. The number of rotatable bonds is 4. The zero-order valence-electron chi connectivity index (χ0n) is 17.2. The second kappa shape index (κ2) is 8.12. The zero-order valence-corrected chi connectivity index (χ0v) is 18.0. The van der Waals surface area contributed by atoms with Crippen LogP contribution in [0.5, 0.6) is 0 Å². The Morgan fingerprint density at radius 1 is 1.30 bits per heavy atom. The third-order valence-electron chi connectivity index (χ3n) is 6.47. The van der Waals surface area contributed by atoms with Crippen LogP contribution in [0.2, 0.25) is 0 Å². The first-order chi connectivity index (χ1) is 14.6. The van der Waals surface area contributed by atoms with E-state index in [4.69, 9.17) is 4.52 Å². The lowest BCUT2D eigenvalue weighted by Crippen LogP contribution is -2.34. The number of anilines is 1. The molecule has 2 aromatic heterocycles. The quantitative estimate of drug-likeness (QED) is 0.634. The maximum Gasteiger partial charge on any atom is 0.224 e. The molecule has 1 N–H and O–H groups in total. The van der Waals surface area contributed by atoms with Gasteiger partial charge >= 0.3 is 0 Å². The molecule has 0 aliphatic carbocycles. The molecule has 30 heavy (non-hydrogen) atoms. The average molecular weight is 428 g/mol. The molecule has 1 amide bonds. The van der Waals surface area contributed by atoms with Crippen LogP contribution in [-0.4, -0.2) is 35.6 Å². The summed E-state index contributed by atoms with van der Waals surface area (Å²) in [6.07, 6.45) is 5.58. The Hall–Kier alpha value is -2.25. The number of halogens is 1. The number of nitrogens with one attached hydrogen (secondary N) is 1. The van der Waals surface area contributed by atoms with Gasteiger partial charge in [-0.3, -0.25) is 4.79 Å². The van der Waals surface area contributed by atoms with Crippen molar-refractivity contribution in [2.75, 3.05) is 25.0 Å². The van der Waals surface area contributed by atoms with E-state index in [0.717, 1.165) is 68.5 Å². The number of amides is 1. The average Bonchev–Trinajstić information content (AvgIpc) is 3.21. The largest absolute Gasteiger partial charge is 0.356 e. The molecule has 5 rings (SSSR count). The molecule has 1 fully saturated rings. The van der Waals surface area contributed by atoms with Crippen molar-refractivity contribution in [3.8, 4) is 0 Å². The summed E-state index contributed by atoms with van der Waals surface area (Å²) in [6.45, 7) is 5.19. The normalized spacial score (nSPS) is 18.4. The second-order valence-electron chi connectivity index (χ2n) is 8.41. The molecule has 5 nitrogen and oxygen atoms in total. The fourth-order valence-electron chi connectivity index (χ4n) is 4.80. The van der Waals surface area contributed by atoms with Gasteiger partial charge in [0.15, 0.2) is 5.58 Å².